The van der Waals surface area contributed by atoms with Crippen LogP contribution in [0.5, 0.6) is 0 Å². The summed E-state index contributed by atoms with van der Waals surface area (Å²) in [6, 6.07) is 14.0. The fourth-order valence-electron chi connectivity index (χ4n) is 4.07. The lowest BCUT2D eigenvalue weighted by atomic mass is 9.96. The molecule has 2 aromatic carbocycles. The number of nitro benzene ring substituents is 1. The third-order valence-corrected chi connectivity index (χ3v) is 5.85. The quantitative estimate of drug-likeness (QED) is 0.121. The number of amides is 1. The van der Waals surface area contributed by atoms with E-state index in [-0.39, 0.29) is 23.4 Å². The van der Waals surface area contributed by atoms with Gasteiger partial charge in [-0.25, -0.2) is 4.79 Å². The lowest BCUT2D eigenvalue weighted by Gasteiger charge is -2.25. The largest absolute Gasteiger partial charge is 0.507 e. The number of pyridine rings is 1. The third-order valence-electron chi connectivity index (χ3n) is 5.85. The summed E-state index contributed by atoms with van der Waals surface area (Å²) in [6.07, 6.45) is 3.72. The molecule has 1 aliphatic rings. The minimum atomic E-state index is -0.984. The van der Waals surface area contributed by atoms with E-state index in [1.807, 2.05) is 6.92 Å². The van der Waals surface area contributed by atoms with Crippen molar-refractivity contribution in [3.8, 4) is 0 Å². The molecule has 10 nitrogen and oxygen atoms in total. The van der Waals surface area contributed by atoms with Crippen LogP contribution in [0, 0.1) is 10.1 Å². The molecule has 1 atom stereocenters. The van der Waals surface area contributed by atoms with Crippen LogP contribution in [-0.2, 0) is 20.9 Å². The van der Waals surface area contributed by atoms with E-state index < -0.39 is 34.4 Å². The summed E-state index contributed by atoms with van der Waals surface area (Å²) in [7, 11) is 0. The van der Waals surface area contributed by atoms with E-state index in [4.69, 9.17) is 4.74 Å². The molecule has 4 rings (SSSR count). The Morgan fingerprint density at radius 2 is 1.86 bits per heavy atom. The van der Waals surface area contributed by atoms with Gasteiger partial charge in [0.1, 0.15) is 5.76 Å². The number of aromatic nitrogens is 1. The highest BCUT2D eigenvalue weighted by molar-refractivity contribution is 6.46. The van der Waals surface area contributed by atoms with Crippen molar-refractivity contribution in [1.82, 2.24) is 9.88 Å². The summed E-state index contributed by atoms with van der Waals surface area (Å²) in [5.41, 5.74) is 1.04. The van der Waals surface area contributed by atoms with Crippen LogP contribution >= 0.6 is 0 Å². The zero-order chi connectivity index (χ0) is 26.5. The van der Waals surface area contributed by atoms with E-state index >= 15 is 0 Å². The number of aliphatic hydroxyl groups excluding tert-OH is 1. The topological polar surface area (TPSA) is 140 Å². The maximum Gasteiger partial charge on any atom is 0.338 e. The summed E-state index contributed by atoms with van der Waals surface area (Å²) in [4.78, 5) is 54.4. The normalized spacial score (nSPS) is 16.6. The molecule has 0 radical (unpaired) electrons. The second-order valence-corrected chi connectivity index (χ2v) is 8.35. The van der Waals surface area contributed by atoms with Crippen molar-refractivity contribution in [2.24, 2.45) is 0 Å². The van der Waals surface area contributed by atoms with Gasteiger partial charge in [0.05, 0.1) is 28.7 Å². The zero-order valence-electron chi connectivity index (χ0n) is 19.9. The molecule has 0 bridgehead atoms. The second kappa shape index (κ2) is 10.8. The van der Waals surface area contributed by atoms with Crippen molar-refractivity contribution < 1.29 is 29.2 Å². The summed E-state index contributed by atoms with van der Waals surface area (Å²) >= 11 is 0. The predicted molar refractivity (Wildman–Crippen MR) is 132 cm³/mol. The number of Topliss-reactive ketones (excluding diaryl/α,β-unsaturated/α-hetero) is 1. The number of benzene rings is 2. The number of ketones is 1. The first-order chi connectivity index (χ1) is 17.8. The van der Waals surface area contributed by atoms with Crippen molar-refractivity contribution in [3.05, 3.63) is 111 Å². The summed E-state index contributed by atoms with van der Waals surface area (Å²) in [5.74, 6) is -2.74. The lowest BCUT2D eigenvalue weighted by molar-refractivity contribution is -0.384. The number of nitro groups is 1. The first kappa shape index (κ1) is 25.2. The molecule has 0 spiro atoms. The Hall–Kier alpha value is -4.86. The summed E-state index contributed by atoms with van der Waals surface area (Å²) in [6.45, 7) is 2.20. The number of ether oxygens (including phenoxy) is 1. The molecule has 188 valence electrons. The van der Waals surface area contributed by atoms with Gasteiger partial charge < -0.3 is 14.7 Å². The molecule has 10 heteroatoms. The number of nitrogens with zero attached hydrogens (tertiary/aromatic N) is 3. The molecule has 1 unspecified atom stereocenters. The molecular formula is C27H23N3O7. The van der Waals surface area contributed by atoms with Crippen molar-refractivity contribution in [3.63, 3.8) is 0 Å². The van der Waals surface area contributed by atoms with E-state index in [1.54, 1.807) is 36.4 Å². The Kier molecular flexibility index (Phi) is 7.38. The zero-order valence-corrected chi connectivity index (χ0v) is 19.9. The van der Waals surface area contributed by atoms with Gasteiger partial charge in [0, 0.05) is 36.6 Å². The predicted octanol–water partition coefficient (Wildman–Crippen LogP) is 4.18. The van der Waals surface area contributed by atoms with Crippen molar-refractivity contribution in [2.45, 2.75) is 25.9 Å². The Labute approximate surface area is 212 Å². The van der Waals surface area contributed by atoms with E-state index in [0.717, 1.165) is 6.07 Å². The Balaban J connectivity index is 1.73. The molecule has 1 saturated heterocycles. The minimum absolute atomic E-state index is 0.000138. The molecule has 0 aliphatic carbocycles. The molecule has 1 N–H and O–H groups in total. The van der Waals surface area contributed by atoms with Crippen LogP contribution in [0.25, 0.3) is 5.76 Å². The molecule has 1 fully saturated rings. The fourth-order valence-corrected chi connectivity index (χ4v) is 4.07. The fraction of sp³-hybridized carbons (Fsp3) is 0.185. The number of likely N-dealkylation sites (tertiary alicyclic amines) is 1. The first-order valence-corrected chi connectivity index (χ1v) is 11.5. The SMILES string of the molecule is CCCOC(=O)c1ccc(CN2C(=O)C(=O)/C(=C(\O)c3cccc([N+](=O)[O-])c3)C2c2cccnc2)cc1. The van der Waals surface area contributed by atoms with Gasteiger partial charge in [-0.3, -0.25) is 24.7 Å². The number of carbonyl (C=O) groups is 3. The van der Waals surface area contributed by atoms with Crippen LogP contribution in [-0.4, -0.2) is 44.2 Å². The Bertz CT molecular complexity index is 1380. The maximum absolute atomic E-state index is 13.1. The van der Waals surface area contributed by atoms with Crippen LogP contribution in [0.1, 0.15) is 46.4 Å². The molecule has 3 aromatic rings. The molecule has 2 heterocycles. The van der Waals surface area contributed by atoms with Crippen LogP contribution in [0.15, 0.2) is 78.6 Å². The number of rotatable bonds is 8. The van der Waals surface area contributed by atoms with Crippen LogP contribution < -0.4 is 0 Å². The van der Waals surface area contributed by atoms with E-state index in [9.17, 15) is 29.6 Å². The molecule has 1 amide bonds. The number of carbonyl (C=O) groups excluding carboxylic acids is 3. The second-order valence-electron chi connectivity index (χ2n) is 8.35. The van der Waals surface area contributed by atoms with Crippen molar-refractivity contribution in [2.75, 3.05) is 6.61 Å². The number of esters is 1. The number of non-ortho nitro benzene ring substituents is 1. The molecule has 1 aromatic heterocycles. The smallest absolute Gasteiger partial charge is 0.338 e. The van der Waals surface area contributed by atoms with Crippen molar-refractivity contribution >= 4 is 29.1 Å². The molecule has 0 saturated carbocycles. The molecular weight excluding hydrogens is 478 g/mol. The van der Waals surface area contributed by atoms with E-state index in [2.05, 4.69) is 4.98 Å². The summed E-state index contributed by atoms with van der Waals surface area (Å²) in [5, 5.41) is 22.3. The van der Waals surface area contributed by atoms with Gasteiger partial charge >= 0.3 is 5.97 Å². The highest BCUT2D eigenvalue weighted by atomic mass is 16.6. The van der Waals surface area contributed by atoms with E-state index in [1.165, 1.54) is 35.5 Å². The third kappa shape index (κ3) is 5.22. The summed E-state index contributed by atoms with van der Waals surface area (Å²) < 4.78 is 5.13. The van der Waals surface area contributed by atoms with Gasteiger partial charge in [-0.05, 0) is 35.7 Å². The van der Waals surface area contributed by atoms with Crippen LogP contribution in [0.4, 0.5) is 5.69 Å². The Morgan fingerprint density at radius 3 is 2.51 bits per heavy atom. The monoisotopic (exact) mass is 501 g/mol. The van der Waals surface area contributed by atoms with E-state index in [0.29, 0.717) is 29.7 Å². The van der Waals surface area contributed by atoms with Gasteiger partial charge in [0.2, 0.25) is 0 Å². The molecule has 1 aliphatic heterocycles. The Morgan fingerprint density at radius 1 is 1.11 bits per heavy atom. The first-order valence-electron chi connectivity index (χ1n) is 11.5. The average Bonchev–Trinajstić information content (AvgIpc) is 3.17. The number of hydrogen-bond donors (Lipinski definition) is 1. The lowest BCUT2D eigenvalue weighted by Crippen LogP contribution is -2.29. The van der Waals surface area contributed by atoms with Crippen LogP contribution in [0.3, 0.4) is 0 Å². The van der Waals surface area contributed by atoms with Gasteiger partial charge in [-0.1, -0.05) is 37.3 Å². The van der Waals surface area contributed by atoms with Gasteiger partial charge in [-0.15, -0.1) is 0 Å². The maximum atomic E-state index is 13.1. The highest BCUT2D eigenvalue weighted by Gasteiger charge is 2.46. The minimum Gasteiger partial charge on any atom is -0.507 e. The number of hydrogen-bond acceptors (Lipinski definition) is 8. The van der Waals surface area contributed by atoms with Crippen LogP contribution in [0.2, 0.25) is 0 Å². The van der Waals surface area contributed by atoms with Gasteiger partial charge in [0.25, 0.3) is 17.4 Å². The van der Waals surface area contributed by atoms with Gasteiger partial charge in [-0.2, -0.15) is 0 Å². The standard InChI is InChI=1S/C27H23N3O7/c1-2-13-37-27(34)18-10-8-17(9-11-18)16-29-23(20-6-4-12-28-15-20)22(25(32)26(29)33)24(31)19-5-3-7-21(14-19)30(35)36/h3-12,14-15,23,31H,2,13,16H2,1H3/b24-22-. The average molecular weight is 501 g/mol. The van der Waals surface area contributed by atoms with Crippen molar-refractivity contribution in [1.29, 1.82) is 0 Å². The van der Waals surface area contributed by atoms with Gasteiger partial charge in [0.15, 0.2) is 0 Å². The molecule has 37 heavy (non-hydrogen) atoms. The highest BCUT2D eigenvalue weighted by Crippen LogP contribution is 2.40. The number of aliphatic hydroxyl groups is 1.